The number of piperazine rings is 1. The molecule has 1 amide bonds. The first-order valence-electron chi connectivity index (χ1n) is 9.88. The standard InChI is InChI=1S/C20H27N5O/c21-19-15-5-4-14(11-15)18(19)20(26)24-9-7-23(8-10-24)12-16-13-25-6-2-1-3-17(25)22-16/h1-3,6,13-15,18-19H,4-5,7-12,21H2. The summed E-state index contributed by atoms with van der Waals surface area (Å²) >= 11 is 0. The van der Waals surface area contributed by atoms with E-state index >= 15 is 0 Å². The first kappa shape index (κ1) is 16.3. The molecule has 2 aliphatic carbocycles. The fourth-order valence-corrected chi connectivity index (χ4v) is 5.33. The Labute approximate surface area is 154 Å². The van der Waals surface area contributed by atoms with Crippen LogP contribution in [-0.2, 0) is 11.3 Å². The molecule has 2 bridgehead atoms. The predicted molar refractivity (Wildman–Crippen MR) is 99.3 cm³/mol. The monoisotopic (exact) mass is 353 g/mol. The molecule has 3 heterocycles. The van der Waals surface area contributed by atoms with Crippen LogP contribution in [0.1, 0.15) is 25.0 Å². The summed E-state index contributed by atoms with van der Waals surface area (Å²) in [4.78, 5) is 22.1. The van der Waals surface area contributed by atoms with Crippen LogP contribution in [0.4, 0.5) is 0 Å². The van der Waals surface area contributed by atoms with Crippen LogP contribution in [0.3, 0.4) is 0 Å². The minimum atomic E-state index is 0.0822. The van der Waals surface area contributed by atoms with Crippen molar-refractivity contribution in [1.82, 2.24) is 19.2 Å². The smallest absolute Gasteiger partial charge is 0.227 e. The number of carbonyl (C=O) groups excluding carboxylic acids is 1. The predicted octanol–water partition coefficient (Wildman–Crippen LogP) is 1.35. The van der Waals surface area contributed by atoms with Gasteiger partial charge in [0.2, 0.25) is 5.91 Å². The lowest BCUT2D eigenvalue weighted by Gasteiger charge is -2.38. The van der Waals surface area contributed by atoms with E-state index in [0.29, 0.717) is 17.7 Å². The molecule has 26 heavy (non-hydrogen) atoms. The van der Waals surface area contributed by atoms with Crippen molar-refractivity contribution in [3.63, 3.8) is 0 Å². The third kappa shape index (κ3) is 2.72. The van der Waals surface area contributed by atoms with Gasteiger partial charge in [0.25, 0.3) is 0 Å². The number of pyridine rings is 1. The molecule has 0 aromatic carbocycles. The van der Waals surface area contributed by atoms with Crippen molar-refractivity contribution in [1.29, 1.82) is 0 Å². The number of nitrogens with two attached hydrogens (primary N) is 1. The molecule has 2 aromatic heterocycles. The first-order chi connectivity index (χ1) is 12.7. The Morgan fingerprint density at radius 3 is 2.69 bits per heavy atom. The van der Waals surface area contributed by atoms with Gasteiger partial charge in [0.1, 0.15) is 5.65 Å². The van der Waals surface area contributed by atoms with Gasteiger partial charge in [-0.1, -0.05) is 6.07 Å². The van der Waals surface area contributed by atoms with Gasteiger partial charge < -0.3 is 15.0 Å². The minimum absolute atomic E-state index is 0.0822. The van der Waals surface area contributed by atoms with Gasteiger partial charge in [0.15, 0.2) is 0 Å². The van der Waals surface area contributed by atoms with Crippen LogP contribution in [0.5, 0.6) is 0 Å². The van der Waals surface area contributed by atoms with Crippen molar-refractivity contribution in [3.05, 3.63) is 36.3 Å². The molecular formula is C20H27N5O. The highest BCUT2D eigenvalue weighted by Crippen LogP contribution is 2.48. The number of hydrogen-bond donors (Lipinski definition) is 1. The zero-order valence-electron chi connectivity index (χ0n) is 15.1. The van der Waals surface area contributed by atoms with Gasteiger partial charge in [-0.2, -0.15) is 0 Å². The molecule has 3 aliphatic rings. The number of carbonyl (C=O) groups is 1. The molecule has 0 radical (unpaired) electrons. The number of hydrogen-bond acceptors (Lipinski definition) is 4. The Bertz CT molecular complexity index is 774. The van der Waals surface area contributed by atoms with Gasteiger partial charge in [0.05, 0.1) is 11.6 Å². The van der Waals surface area contributed by atoms with Gasteiger partial charge in [-0.25, -0.2) is 4.98 Å². The zero-order valence-corrected chi connectivity index (χ0v) is 15.1. The van der Waals surface area contributed by atoms with Crippen LogP contribution in [0.15, 0.2) is 30.6 Å². The zero-order chi connectivity index (χ0) is 17.7. The Hall–Kier alpha value is -1.92. The summed E-state index contributed by atoms with van der Waals surface area (Å²) in [5.41, 5.74) is 8.45. The van der Waals surface area contributed by atoms with Gasteiger partial charge in [0, 0.05) is 51.2 Å². The van der Waals surface area contributed by atoms with Crippen molar-refractivity contribution in [3.8, 4) is 0 Å². The van der Waals surface area contributed by atoms with Crippen molar-refractivity contribution in [2.75, 3.05) is 26.2 Å². The fourth-order valence-electron chi connectivity index (χ4n) is 5.33. The quantitative estimate of drug-likeness (QED) is 0.905. The Balaban J connectivity index is 1.19. The minimum Gasteiger partial charge on any atom is -0.340 e. The summed E-state index contributed by atoms with van der Waals surface area (Å²) < 4.78 is 2.06. The fraction of sp³-hybridized carbons (Fsp3) is 0.600. The number of fused-ring (bicyclic) bond motifs is 3. The van der Waals surface area contributed by atoms with E-state index in [0.717, 1.165) is 44.1 Å². The molecule has 1 saturated heterocycles. The van der Waals surface area contributed by atoms with E-state index < -0.39 is 0 Å². The molecule has 0 spiro atoms. The molecule has 6 nitrogen and oxygen atoms in total. The Kier molecular flexibility index (Phi) is 3.98. The van der Waals surface area contributed by atoms with Crippen LogP contribution in [-0.4, -0.2) is 57.3 Å². The summed E-state index contributed by atoms with van der Waals surface area (Å²) in [7, 11) is 0. The van der Waals surface area contributed by atoms with Crippen LogP contribution in [0.25, 0.3) is 5.65 Å². The maximum absolute atomic E-state index is 13.0. The molecule has 4 unspecified atom stereocenters. The Morgan fingerprint density at radius 2 is 1.96 bits per heavy atom. The molecule has 2 saturated carbocycles. The molecule has 6 heteroatoms. The maximum Gasteiger partial charge on any atom is 0.227 e. The third-order valence-electron chi connectivity index (χ3n) is 6.75. The maximum atomic E-state index is 13.0. The van der Waals surface area contributed by atoms with E-state index in [1.54, 1.807) is 0 Å². The molecule has 3 fully saturated rings. The van der Waals surface area contributed by atoms with E-state index in [9.17, 15) is 4.79 Å². The van der Waals surface area contributed by atoms with Crippen LogP contribution in [0, 0.1) is 17.8 Å². The highest BCUT2D eigenvalue weighted by Gasteiger charge is 2.50. The van der Waals surface area contributed by atoms with E-state index in [4.69, 9.17) is 5.73 Å². The van der Waals surface area contributed by atoms with Crippen molar-refractivity contribution in [2.24, 2.45) is 23.5 Å². The summed E-state index contributed by atoms with van der Waals surface area (Å²) in [5, 5.41) is 0. The van der Waals surface area contributed by atoms with Gasteiger partial charge in [-0.05, 0) is 43.2 Å². The number of rotatable bonds is 3. The van der Waals surface area contributed by atoms with Crippen LogP contribution < -0.4 is 5.73 Å². The average Bonchev–Trinajstić information content (AvgIpc) is 3.35. The summed E-state index contributed by atoms with van der Waals surface area (Å²) in [5.74, 6) is 1.53. The lowest BCUT2D eigenvalue weighted by atomic mass is 9.84. The van der Waals surface area contributed by atoms with Crippen molar-refractivity contribution in [2.45, 2.75) is 31.8 Å². The molecule has 1 aliphatic heterocycles. The molecule has 138 valence electrons. The summed E-state index contributed by atoms with van der Waals surface area (Å²) in [6.45, 7) is 4.29. The second-order valence-electron chi connectivity index (χ2n) is 8.24. The lowest BCUT2D eigenvalue weighted by molar-refractivity contribution is -0.139. The largest absolute Gasteiger partial charge is 0.340 e. The van der Waals surface area contributed by atoms with Crippen molar-refractivity contribution < 1.29 is 4.79 Å². The average molecular weight is 353 g/mol. The second-order valence-corrected chi connectivity index (χ2v) is 8.24. The second kappa shape index (κ2) is 6.35. The molecule has 2 aromatic rings. The number of nitrogens with zero attached hydrogens (tertiary/aromatic N) is 4. The molecule has 4 atom stereocenters. The number of imidazole rings is 1. The van der Waals surface area contributed by atoms with Crippen molar-refractivity contribution >= 4 is 11.6 Å². The van der Waals surface area contributed by atoms with E-state index in [1.165, 1.54) is 19.3 Å². The third-order valence-corrected chi connectivity index (χ3v) is 6.75. The van der Waals surface area contributed by atoms with Gasteiger partial charge in [-0.15, -0.1) is 0 Å². The van der Waals surface area contributed by atoms with E-state index in [1.807, 2.05) is 24.4 Å². The van der Waals surface area contributed by atoms with Gasteiger partial charge in [-0.3, -0.25) is 9.69 Å². The number of aromatic nitrogens is 2. The highest BCUT2D eigenvalue weighted by molar-refractivity contribution is 5.80. The molecule has 5 rings (SSSR count). The van der Waals surface area contributed by atoms with E-state index in [2.05, 4.69) is 25.4 Å². The Morgan fingerprint density at radius 1 is 1.15 bits per heavy atom. The highest BCUT2D eigenvalue weighted by atomic mass is 16.2. The first-order valence-corrected chi connectivity index (χ1v) is 9.88. The summed E-state index contributed by atoms with van der Waals surface area (Å²) in [6, 6.07) is 6.15. The van der Waals surface area contributed by atoms with Crippen LogP contribution in [0.2, 0.25) is 0 Å². The summed E-state index contributed by atoms with van der Waals surface area (Å²) in [6.07, 6.45) is 7.72. The topological polar surface area (TPSA) is 66.9 Å². The van der Waals surface area contributed by atoms with E-state index in [-0.39, 0.29) is 12.0 Å². The van der Waals surface area contributed by atoms with Gasteiger partial charge >= 0.3 is 0 Å². The SMILES string of the molecule is NC1C2CCC(C2)C1C(=O)N1CCN(Cc2cn3ccccc3n2)CC1. The number of amides is 1. The molecular weight excluding hydrogens is 326 g/mol. The normalized spacial score (nSPS) is 31.8. The lowest BCUT2D eigenvalue weighted by Crippen LogP contribution is -2.53. The molecule has 2 N–H and O–H groups in total. The van der Waals surface area contributed by atoms with Crippen LogP contribution >= 0.6 is 0 Å².